The summed E-state index contributed by atoms with van der Waals surface area (Å²) in [7, 11) is 1.36. The van der Waals surface area contributed by atoms with Crippen molar-refractivity contribution in [2.24, 2.45) is 0 Å². The van der Waals surface area contributed by atoms with Gasteiger partial charge in [0.15, 0.2) is 0 Å². The molecule has 4 aromatic rings. The zero-order valence-electron chi connectivity index (χ0n) is 22.1. The Hall–Kier alpha value is -4.69. The molecule has 40 heavy (non-hydrogen) atoms. The van der Waals surface area contributed by atoms with Gasteiger partial charge in [0.25, 0.3) is 5.91 Å². The number of H-pyrrole nitrogens is 1. The van der Waals surface area contributed by atoms with Gasteiger partial charge < -0.3 is 19.7 Å². The van der Waals surface area contributed by atoms with Gasteiger partial charge in [-0.3, -0.25) is 14.6 Å². The summed E-state index contributed by atoms with van der Waals surface area (Å²) in [6.45, 7) is 3.22. The number of likely N-dealkylation sites (tertiary alicyclic amines) is 1. The van der Waals surface area contributed by atoms with Gasteiger partial charge in [0.2, 0.25) is 0 Å². The van der Waals surface area contributed by atoms with Crippen LogP contribution in [0.25, 0.3) is 10.9 Å². The number of fused-ring (bicyclic) bond motifs is 1. The molecule has 0 aliphatic carbocycles. The summed E-state index contributed by atoms with van der Waals surface area (Å²) in [6, 6.07) is 18.6. The van der Waals surface area contributed by atoms with E-state index in [2.05, 4.69) is 32.6 Å². The smallest absolute Gasteiger partial charge is 0.409 e. The first kappa shape index (κ1) is 26.9. The molecule has 0 spiro atoms. The van der Waals surface area contributed by atoms with E-state index in [0.717, 1.165) is 39.1 Å². The van der Waals surface area contributed by atoms with Crippen LogP contribution in [0.3, 0.4) is 0 Å². The molecule has 204 valence electrons. The summed E-state index contributed by atoms with van der Waals surface area (Å²) in [5, 5.41) is 10.9. The Morgan fingerprint density at radius 2 is 1.95 bits per heavy atom. The van der Waals surface area contributed by atoms with Crippen LogP contribution in [-0.4, -0.2) is 52.3 Å². The van der Waals surface area contributed by atoms with E-state index in [0.29, 0.717) is 61.0 Å². The summed E-state index contributed by atoms with van der Waals surface area (Å²) >= 11 is 1.00. The zero-order chi connectivity index (χ0) is 28.1. The molecule has 0 radical (unpaired) electrons. The topological polar surface area (TPSA) is 127 Å². The van der Waals surface area contributed by atoms with Crippen LogP contribution in [0.5, 0.6) is 5.75 Å². The number of aryl methyl sites for hydroxylation is 1. The highest BCUT2D eigenvalue weighted by atomic mass is 32.1. The molecule has 2 aromatic carbocycles. The number of allylic oxidation sites excluding steroid dienone is 1. The quantitative estimate of drug-likeness (QED) is 0.352. The number of nitrogens with zero attached hydrogens (tertiary/aromatic N) is 3. The molecule has 11 heteroatoms. The van der Waals surface area contributed by atoms with E-state index in [-0.39, 0.29) is 16.9 Å². The first-order valence-electron chi connectivity index (χ1n) is 12.7. The number of hydrogen-bond acceptors (Lipinski definition) is 8. The minimum atomic E-state index is -0.374. The van der Waals surface area contributed by atoms with Crippen molar-refractivity contribution < 1.29 is 19.1 Å². The van der Waals surface area contributed by atoms with Crippen LogP contribution in [-0.2, 0) is 17.8 Å². The van der Waals surface area contributed by atoms with E-state index in [1.165, 1.54) is 7.11 Å². The van der Waals surface area contributed by atoms with Crippen LogP contribution in [0.2, 0.25) is 0 Å². The number of rotatable bonds is 7. The van der Waals surface area contributed by atoms with Crippen LogP contribution in [0.15, 0.2) is 58.5 Å². The number of aromatic nitrogens is 3. The van der Waals surface area contributed by atoms with Gasteiger partial charge in [-0.2, -0.15) is 5.10 Å². The van der Waals surface area contributed by atoms with Gasteiger partial charge in [-0.1, -0.05) is 23.5 Å². The number of nitrogens with one attached hydrogen (secondary N) is 2. The molecular weight excluding hydrogens is 530 g/mol. The molecule has 0 unspecified atom stereocenters. The molecule has 1 aliphatic rings. The second kappa shape index (κ2) is 12.0. The number of methoxy groups -OCH3 is 1. The second-order valence-electron chi connectivity index (χ2n) is 9.28. The van der Waals surface area contributed by atoms with Crippen molar-refractivity contribution in [3.63, 3.8) is 0 Å². The second-order valence-corrected chi connectivity index (χ2v) is 10.3. The Morgan fingerprint density at radius 1 is 1.18 bits per heavy atom. The highest BCUT2D eigenvalue weighted by molar-refractivity contribution is 7.08. The lowest BCUT2D eigenvalue weighted by molar-refractivity contribution is 0.0962. The van der Waals surface area contributed by atoms with Crippen LogP contribution in [0.4, 0.5) is 4.79 Å². The summed E-state index contributed by atoms with van der Waals surface area (Å²) < 4.78 is 10.8. The predicted molar refractivity (Wildman–Crippen MR) is 149 cm³/mol. The SMILES string of the molecule is COC(=O)N1CCC(=C(Cc2n[nH]c(=O)s2)NC(=O)c2ccc(OCc3cc(C)nc4ccc#cc34)cc2)CC1. The molecule has 0 bridgehead atoms. The van der Waals surface area contributed by atoms with E-state index in [1.54, 1.807) is 35.2 Å². The van der Waals surface area contributed by atoms with Crippen molar-refractivity contribution in [3.05, 3.63) is 97.4 Å². The normalized spacial score (nSPS) is 13.1. The summed E-state index contributed by atoms with van der Waals surface area (Å²) in [5.41, 5.74) is 4.83. The first-order valence-corrected chi connectivity index (χ1v) is 13.5. The fourth-order valence-electron chi connectivity index (χ4n) is 4.59. The number of pyridine rings is 1. The molecule has 3 heterocycles. The number of aromatic amines is 1. The summed E-state index contributed by atoms with van der Waals surface area (Å²) in [5.74, 6) is 0.336. The third kappa shape index (κ3) is 6.30. The molecule has 5 rings (SSSR count). The number of piperidine rings is 1. The monoisotopic (exact) mass is 557 g/mol. The molecule has 2 N–H and O–H groups in total. The number of carbonyl (C=O) groups is 2. The maximum Gasteiger partial charge on any atom is 0.409 e. The Labute approximate surface area is 234 Å². The van der Waals surface area contributed by atoms with Gasteiger partial charge in [-0.15, -0.1) is 0 Å². The van der Waals surface area contributed by atoms with Crippen molar-refractivity contribution in [3.8, 4) is 5.75 Å². The largest absolute Gasteiger partial charge is 0.489 e. The predicted octanol–water partition coefficient (Wildman–Crippen LogP) is 3.96. The lowest BCUT2D eigenvalue weighted by Gasteiger charge is -2.28. The van der Waals surface area contributed by atoms with E-state index in [1.807, 2.05) is 19.1 Å². The van der Waals surface area contributed by atoms with Crippen molar-refractivity contribution in [1.82, 2.24) is 25.4 Å². The fourth-order valence-corrected chi connectivity index (χ4v) is 5.20. The van der Waals surface area contributed by atoms with Gasteiger partial charge in [0, 0.05) is 42.0 Å². The number of amides is 2. The first-order chi connectivity index (χ1) is 19.4. The molecule has 0 atom stereocenters. The molecular formula is C29H27N5O5S. The maximum atomic E-state index is 13.2. The number of benzene rings is 1. The van der Waals surface area contributed by atoms with Crippen molar-refractivity contribution >= 4 is 34.2 Å². The molecule has 2 amide bonds. The molecule has 1 fully saturated rings. The minimum absolute atomic E-state index is 0.257. The zero-order valence-corrected chi connectivity index (χ0v) is 22.9. The van der Waals surface area contributed by atoms with Crippen molar-refractivity contribution in [2.45, 2.75) is 32.8 Å². The fraction of sp³-hybridized carbons (Fsp3) is 0.276. The lowest BCUT2D eigenvalue weighted by atomic mass is 10.00. The number of carbonyl (C=O) groups excluding carboxylic acids is 2. The lowest BCUT2D eigenvalue weighted by Crippen LogP contribution is -2.37. The van der Waals surface area contributed by atoms with E-state index in [4.69, 9.17) is 9.47 Å². The molecule has 0 saturated carbocycles. The molecule has 1 aliphatic heterocycles. The van der Waals surface area contributed by atoms with Gasteiger partial charge in [0.1, 0.15) is 17.4 Å². The Kier molecular flexibility index (Phi) is 8.07. The third-order valence-corrected chi connectivity index (χ3v) is 7.34. The van der Waals surface area contributed by atoms with Crippen LogP contribution >= 0.6 is 11.3 Å². The average Bonchev–Trinajstić information content (AvgIpc) is 3.39. The van der Waals surface area contributed by atoms with E-state index < -0.39 is 0 Å². The van der Waals surface area contributed by atoms with Crippen molar-refractivity contribution in [2.75, 3.05) is 20.2 Å². The standard InChI is InChI=1S/C29H27N5O5S/c1-18-15-21(23-5-3-4-6-24(23)30-18)17-39-22-9-7-20(8-10-22)27(35)31-25(16-26-32-33-28(36)40-26)19-11-13-34(14-12-19)29(37)38-2/h4,6-10,15H,11-14,16-17H2,1-2H3,(H,31,35)(H,33,36). The number of ether oxygens (including phenoxy) is 2. The summed E-state index contributed by atoms with van der Waals surface area (Å²) in [6.07, 6.45) is 1.09. The highest BCUT2D eigenvalue weighted by Gasteiger charge is 2.23. The van der Waals surface area contributed by atoms with Gasteiger partial charge in [-0.25, -0.2) is 9.89 Å². The Morgan fingerprint density at radius 3 is 2.65 bits per heavy atom. The maximum absolute atomic E-state index is 13.2. The summed E-state index contributed by atoms with van der Waals surface area (Å²) in [4.78, 5) is 42.6. The number of hydrogen-bond donors (Lipinski definition) is 2. The Balaban J connectivity index is 1.28. The van der Waals surface area contributed by atoms with Gasteiger partial charge in [-0.05, 0) is 67.8 Å². The minimum Gasteiger partial charge on any atom is -0.489 e. The molecule has 10 nitrogen and oxygen atoms in total. The highest BCUT2D eigenvalue weighted by Crippen LogP contribution is 2.23. The van der Waals surface area contributed by atoms with Crippen LogP contribution in [0, 0.1) is 19.1 Å². The third-order valence-electron chi connectivity index (χ3n) is 6.59. The molecule has 1 saturated heterocycles. The van der Waals surface area contributed by atoms with Crippen molar-refractivity contribution in [1.29, 1.82) is 0 Å². The van der Waals surface area contributed by atoms with Gasteiger partial charge >= 0.3 is 11.0 Å². The van der Waals surface area contributed by atoms with E-state index in [9.17, 15) is 14.4 Å². The van der Waals surface area contributed by atoms with E-state index >= 15 is 0 Å². The molecule has 2 aromatic heterocycles. The Bertz CT molecular complexity index is 1620. The van der Waals surface area contributed by atoms with Gasteiger partial charge in [0.05, 0.1) is 18.0 Å². The van der Waals surface area contributed by atoms with Crippen LogP contribution < -0.4 is 14.9 Å². The van der Waals surface area contributed by atoms with Crippen LogP contribution in [0.1, 0.15) is 39.5 Å². The average molecular weight is 558 g/mol.